The Morgan fingerprint density at radius 3 is 2.19 bits per heavy atom. The van der Waals surface area contributed by atoms with Crippen LogP contribution in [0.5, 0.6) is 0 Å². The molecule has 0 atom stereocenters. The lowest BCUT2D eigenvalue weighted by Gasteiger charge is -2.33. The molecule has 26 heavy (non-hydrogen) atoms. The highest BCUT2D eigenvalue weighted by atomic mass is 16.6. The third-order valence-corrected chi connectivity index (χ3v) is 3.91. The van der Waals surface area contributed by atoms with E-state index in [4.69, 9.17) is 14.2 Å². The maximum Gasteiger partial charge on any atom is 0.332 e. The second-order valence-electron chi connectivity index (χ2n) is 6.63. The Morgan fingerprint density at radius 1 is 1.00 bits per heavy atom. The van der Waals surface area contributed by atoms with Crippen LogP contribution in [0.15, 0.2) is 24.3 Å². The summed E-state index contributed by atoms with van der Waals surface area (Å²) in [6.45, 7) is 6.36. The highest BCUT2D eigenvalue weighted by Crippen LogP contribution is 2.29. The molecule has 0 bridgehead atoms. The van der Waals surface area contributed by atoms with E-state index in [0.29, 0.717) is 24.3 Å². The predicted octanol–water partition coefficient (Wildman–Crippen LogP) is 2.05. The quantitative estimate of drug-likeness (QED) is 0.359. The molecule has 7 heteroatoms. The fourth-order valence-corrected chi connectivity index (χ4v) is 2.69. The standard InChI is InChI=1S/C19H25NO6/c1-4-9-24-10-11-26-16(21)12-25-13-19(2,3)20-17(22)14-7-5-6-8-15(14)18(20)23/h5-8H,4,9-13H2,1-3H3. The van der Waals surface area contributed by atoms with Crippen molar-refractivity contribution in [2.75, 3.05) is 33.0 Å². The smallest absolute Gasteiger partial charge is 0.332 e. The molecule has 1 heterocycles. The zero-order chi connectivity index (χ0) is 19.2. The molecule has 1 aromatic carbocycles. The summed E-state index contributed by atoms with van der Waals surface area (Å²) in [5.41, 5.74) is -0.119. The predicted molar refractivity (Wildman–Crippen MR) is 93.9 cm³/mol. The van der Waals surface area contributed by atoms with Crippen molar-refractivity contribution in [3.05, 3.63) is 35.4 Å². The van der Waals surface area contributed by atoms with Gasteiger partial charge >= 0.3 is 5.97 Å². The molecule has 0 unspecified atom stereocenters. The lowest BCUT2D eigenvalue weighted by atomic mass is 10.0. The van der Waals surface area contributed by atoms with Gasteiger partial charge in [-0.25, -0.2) is 4.79 Å². The molecule has 2 amide bonds. The van der Waals surface area contributed by atoms with Gasteiger partial charge in [-0.05, 0) is 32.4 Å². The molecule has 1 aliphatic heterocycles. The van der Waals surface area contributed by atoms with E-state index in [0.717, 1.165) is 6.42 Å². The van der Waals surface area contributed by atoms with Crippen molar-refractivity contribution >= 4 is 17.8 Å². The molecule has 0 aliphatic carbocycles. The van der Waals surface area contributed by atoms with Gasteiger partial charge in [0.2, 0.25) is 0 Å². The molecule has 0 saturated heterocycles. The average molecular weight is 363 g/mol. The third-order valence-electron chi connectivity index (χ3n) is 3.91. The molecule has 7 nitrogen and oxygen atoms in total. The van der Waals surface area contributed by atoms with Crippen LogP contribution in [0.3, 0.4) is 0 Å². The summed E-state index contributed by atoms with van der Waals surface area (Å²) in [7, 11) is 0. The number of amides is 2. The molecular weight excluding hydrogens is 338 g/mol. The van der Waals surface area contributed by atoms with E-state index in [1.807, 2.05) is 6.92 Å². The van der Waals surface area contributed by atoms with E-state index in [2.05, 4.69) is 0 Å². The van der Waals surface area contributed by atoms with Crippen LogP contribution in [0.2, 0.25) is 0 Å². The summed E-state index contributed by atoms with van der Waals surface area (Å²) in [5, 5.41) is 0. The number of carbonyl (C=O) groups excluding carboxylic acids is 3. The van der Waals surface area contributed by atoms with E-state index in [9.17, 15) is 14.4 Å². The first kappa shape index (κ1) is 20.1. The fourth-order valence-electron chi connectivity index (χ4n) is 2.69. The van der Waals surface area contributed by atoms with Gasteiger partial charge in [-0.1, -0.05) is 19.1 Å². The molecule has 0 fully saturated rings. The fraction of sp³-hybridized carbons (Fsp3) is 0.526. The highest BCUT2D eigenvalue weighted by Gasteiger charge is 2.44. The third kappa shape index (κ3) is 4.68. The van der Waals surface area contributed by atoms with E-state index in [1.54, 1.807) is 38.1 Å². The van der Waals surface area contributed by atoms with Crippen LogP contribution in [-0.4, -0.2) is 61.3 Å². The largest absolute Gasteiger partial charge is 0.462 e. The molecule has 2 rings (SSSR count). The normalized spacial score (nSPS) is 13.9. The van der Waals surface area contributed by atoms with Crippen molar-refractivity contribution in [2.24, 2.45) is 0 Å². The van der Waals surface area contributed by atoms with Crippen LogP contribution in [0.25, 0.3) is 0 Å². The maximum absolute atomic E-state index is 12.5. The number of hydrogen-bond donors (Lipinski definition) is 0. The second-order valence-corrected chi connectivity index (χ2v) is 6.63. The lowest BCUT2D eigenvalue weighted by Crippen LogP contribution is -2.50. The Morgan fingerprint density at radius 2 is 1.62 bits per heavy atom. The van der Waals surface area contributed by atoms with Crippen molar-refractivity contribution in [2.45, 2.75) is 32.7 Å². The summed E-state index contributed by atoms with van der Waals surface area (Å²) in [6.07, 6.45) is 0.907. The number of rotatable bonds is 10. The summed E-state index contributed by atoms with van der Waals surface area (Å²) in [4.78, 5) is 37.9. The van der Waals surface area contributed by atoms with Crippen molar-refractivity contribution in [1.82, 2.24) is 4.90 Å². The molecule has 142 valence electrons. The maximum atomic E-state index is 12.5. The monoisotopic (exact) mass is 363 g/mol. The first-order valence-corrected chi connectivity index (χ1v) is 8.67. The number of fused-ring (bicyclic) bond motifs is 1. The minimum Gasteiger partial charge on any atom is -0.462 e. The van der Waals surface area contributed by atoms with Crippen molar-refractivity contribution < 1.29 is 28.6 Å². The van der Waals surface area contributed by atoms with Crippen molar-refractivity contribution in [3.8, 4) is 0 Å². The number of carbonyl (C=O) groups is 3. The van der Waals surface area contributed by atoms with E-state index in [1.165, 1.54) is 4.90 Å². The Labute approximate surface area is 153 Å². The number of esters is 1. The van der Waals surface area contributed by atoms with Gasteiger partial charge in [0.1, 0.15) is 13.2 Å². The Hall–Kier alpha value is -2.25. The van der Waals surface area contributed by atoms with Crippen molar-refractivity contribution in [3.63, 3.8) is 0 Å². The van der Waals surface area contributed by atoms with Gasteiger partial charge in [0, 0.05) is 6.61 Å². The summed E-state index contributed by atoms with van der Waals surface area (Å²) in [5.74, 6) is -1.21. The minimum atomic E-state index is -0.891. The first-order chi connectivity index (χ1) is 12.4. The second kappa shape index (κ2) is 8.91. The SMILES string of the molecule is CCCOCCOC(=O)COCC(C)(C)N1C(=O)c2ccccc2C1=O. The van der Waals surface area contributed by atoms with Crippen LogP contribution < -0.4 is 0 Å². The molecule has 0 saturated carbocycles. The number of nitrogens with zero attached hydrogens (tertiary/aromatic N) is 1. The van der Waals surface area contributed by atoms with Crippen LogP contribution >= 0.6 is 0 Å². The van der Waals surface area contributed by atoms with Gasteiger partial charge in [0.05, 0.1) is 29.9 Å². The molecular formula is C19H25NO6. The molecule has 0 N–H and O–H groups in total. The topological polar surface area (TPSA) is 82.1 Å². The highest BCUT2D eigenvalue weighted by molar-refractivity contribution is 6.21. The summed E-state index contributed by atoms with van der Waals surface area (Å²) >= 11 is 0. The summed E-state index contributed by atoms with van der Waals surface area (Å²) < 4.78 is 15.6. The molecule has 0 radical (unpaired) electrons. The van der Waals surface area contributed by atoms with E-state index in [-0.39, 0.29) is 31.6 Å². The molecule has 1 aliphatic rings. The van der Waals surface area contributed by atoms with Gasteiger partial charge in [-0.3, -0.25) is 14.5 Å². The summed E-state index contributed by atoms with van der Waals surface area (Å²) in [6, 6.07) is 6.70. The Kier molecular flexibility index (Phi) is 6.88. The number of benzene rings is 1. The lowest BCUT2D eigenvalue weighted by molar-refractivity contribution is -0.151. The van der Waals surface area contributed by atoms with E-state index >= 15 is 0 Å². The van der Waals surface area contributed by atoms with Gasteiger partial charge in [0.15, 0.2) is 0 Å². The number of hydrogen-bond acceptors (Lipinski definition) is 6. The molecule has 0 spiro atoms. The van der Waals surface area contributed by atoms with E-state index < -0.39 is 11.5 Å². The average Bonchev–Trinajstić information content (AvgIpc) is 2.86. The number of ether oxygens (including phenoxy) is 3. The van der Waals surface area contributed by atoms with Gasteiger partial charge < -0.3 is 14.2 Å². The number of imide groups is 1. The molecule has 1 aromatic rings. The van der Waals surface area contributed by atoms with Crippen LogP contribution in [0, 0.1) is 0 Å². The van der Waals surface area contributed by atoms with Gasteiger partial charge in [-0.2, -0.15) is 0 Å². The zero-order valence-corrected chi connectivity index (χ0v) is 15.4. The molecule has 0 aromatic heterocycles. The first-order valence-electron chi connectivity index (χ1n) is 8.67. The van der Waals surface area contributed by atoms with Crippen LogP contribution in [-0.2, 0) is 19.0 Å². The van der Waals surface area contributed by atoms with Gasteiger partial charge in [-0.15, -0.1) is 0 Å². The van der Waals surface area contributed by atoms with Crippen LogP contribution in [0.4, 0.5) is 0 Å². The van der Waals surface area contributed by atoms with Crippen molar-refractivity contribution in [1.29, 1.82) is 0 Å². The zero-order valence-electron chi connectivity index (χ0n) is 15.4. The Bertz CT molecular complexity index is 635. The minimum absolute atomic E-state index is 0.0277. The Balaban J connectivity index is 1.81. The van der Waals surface area contributed by atoms with Gasteiger partial charge in [0.25, 0.3) is 11.8 Å². The van der Waals surface area contributed by atoms with Crippen LogP contribution in [0.1, 0.15) is 47.9 Å².